The van der Waals surface area contributed by atoms with Crippen molar-refractivity contribution in [3.8, 4) is 17.3 Å². The van der Waals surface area contributed by atoms with Crippen LogP contribution in [0.3, 0.4) is 0 Å². The van der Waals surface area contributed by atoms with Crippen LogP contribution in [0.2, 0.25) is 0 Å². The molecule has 0 aliphatic carbocycles. The maximum atomic E-state index is 12.8. The first-order valence-corrected chi connectivity index (χ1v) is 9.19. The third-order valence-corrected chi connectivity index (χ3v) is 4.55. The lowest BCUT2D eigenvalue weighted by molar-refractivity contribution is -0.137. The van der Waals surface area contributed by atoms with Gasteiger partial charge in [-0.25, -0.2) is 9.97 Å². The Morgan fingerprint density at radius 1 is 1.13 bits per heavy atom. The minimum atomic E-state index is -4.44. The van der Waals surface area contributed by atoms with E-state index in [-0.39, 0.29) is 6.54 Å². The van der Waals surface area contributed by atoms with E-state index >= 15 is 0 Å². The molecule has 2 aromatic heterocycles. The molecular weight excluding hydrogens is 411 g/mol. The summed E-state index contributed by atoms with van der Waals surface area (Å²) in [5.74, 6) is 0.206. The minimum Gasteiger partial charge on any atom is -0.480 e. The fourth-order valence-electron chi connectivity index (χ4n) is 3.04. The Balaban J connectivity index is 1.53. The van der Waals surface area contributed by atoms with Crippen molar-refractivity contribution < 1.29 is 27.1 Å². The third kappa shape index (κ3) is 4.35. The topological polar surface area (TPSA) is 77.2 Å². The molecule has 4 rings (SSSR count). The largest absolute Gasteiger partial charge is 0.480 e. The number of pyridine rings is 1. The molecule has 0 saturated carbocycles. The van der Waals surface area contributed by atoms with E-state index in [0.29, 0.717) is 39.6 Å². The van der Waals surface area contributed by atoms with Gasteiger partial charge in [0.1, 0.15) is 5.52 Å². The standard InChI is InChI=1S/C22H16F3N3O3/c1-30-20-16(6-3-9-26-20)21-28-17-11-14(7-8-18(17)31-21)19(29)27-12-13-4-2-5-15(10-13)22(23,24)25/h2-11H,12H2,1H3,(H,27,29). The number of hydrogen-bond acceptors (Lipinski definition) is 5. The molecular formula is C22H16F3N3O3. The van der Waals surface area contributed by atoms with Crippen LogP contribution in [0.1, 0.15) is 21.5 Å². The fraction of sp³-hybridized carbons (Fsp3) is 0.136. The summed E-state index contributed by atoms with van der Waals surface area (Å²) in [6, 6.07) is 13.0. The number of hydrogen-bond donors (Lipinski definition) is 1. The molecule has 0 unspecified atom stereocenters. The first kappa shape index (κ1) is 20.4. The first-order chi connectivity index (χ1) is 14.8. The van der Waals surface area contributed by atoms with Crippen LogP contribution in [-0.4, -0.2) is 23.0 Å². The monoisotopic (exact) mass is 427 g/mol. The van der Waals surface area contributed by atoms with Gasteiger partial charge in [0, 0.05) is 18.3 Å². The average molecular weight is 427 g/mol. The Kier molecular flexibility index (Phi) is 5.33. The molecule has 31 heavy (non-hydrogen) atoms. The molecule has 0 aliphatic heterocycles. The van der Waals surface area contributed by atoms with Gasteiger partial charge in [0.25, 0.3) is 5.91 Å². The van der Waals surface area contributed by atoms with Crippen LogP contribution < -0.4 is 10.1 Å². The first-order valence-electron chi connectivity index (χ1n) is 9.19. The second kappa shape index (κ2) is 8.10. The number of carbonyl (C=O) groups excluding carboxylic acids is 1. The molecule has 9 heteroatoms. The van der Waals surface area contributed by atoms with Crippen molar-refractivity contribution in [2.45, 2.75) is 12.7 Å². The highest BCUT2D eigenvalue weighted by molar-refractivity contribution is 5.97. The van der Waals surface area contributed by atoms with Gasteiger partial charge in [0.2, 0.25) is 11.8 Å². The van der Waals surface area contributed by atoms with E-state index in [2.05, 4.69) is 15.3 Å². The number of methoxy groups -OCH3 is 1. The number of nitrogens with zero attached hydrogens (tertiary/aromatic N) is 2. The number of nitrogens with one attached hydrogen (secondary N) is 1. The molecule has 1 N–H and O–H groups in total. The maximum absolute atomic E-state index is 12.8. The van der Waals surface area contributed by atoms with E-state index in [1.165, 1.54) is 19.2 Å². The molecule has 0 radical (unpaired) electrons. The Hall–Kier alpha value is -3.88. The maximum Gasteiger partial charge on any atom is 0.416 e. The fourth-order valence-corrected chi connectivity index (χ4v) is 3.04. The van der Waals surface area contributed by atoms with Crippen LogP contribution in [0, 0.1) is 0 Å². The van der Waals surface area contributed by atoms with Crippen LogP contribution in [0.25, 0.3) is 22.6 Å². The van der Waals surface area contributed by atoms with E-state index in [1.807, 2.05) is 0 Å². The van der Waals surface area contributed by atoms with Gasteiger partial charge in [-0.05, 0) is 48.0 Å². The van der Waals surface area contributed by atoms with Gasteiger partial charge in [0.05, 0.1) is 18.2 Å². The zero-order chi connectivity index (χ0) is 22.0. The van der Waals surface area contributed by atoms with Gasteiger partial charge in [-0.3, -0.25) is 4.79 Å². The normalized spacial score (nSPS) is 11.5. The highest BCUT2D eigenvalue weighted by Gasteiger charge is 2.30. The van der Waals surface area contributed by atoms with Crippen LogP contribution in [0.15, 0.2) is 65.2 Å². The van der Waals surface area contributed by atoms with Crippen molar-refractivity contribution in [3.63, 3.8) is 0 Å². The zero-order valence-corrected chi connectivity index (χ0v) is 16.2. The molecule has 0 atom stereocenters. The van der Waals surface area contributed by atoms with E-state index in [4.69, 9.17) is 9.15 Å². The Morgan fingerprint density at radius 2 is 1.97 bits per heavy atom. The Morgan fingerprint density at radius 3 is 2.74 bits per heavy atom. The van der Waals surface area contributed by atoms with Gasteiger partial charge < -0.3 is 14.5 Å². The van der Waals surface area contributed by atoms with Gasteiger partial charge in [-0.1, -0.05) is 12.1 Å². The summed E-state index contributed by atoms with van der Waals surface area (Å²) in [6.07, 6.45) is -2.86. The summed E-state index contributed by atoms with van der Waals surface area (Å²) in [5, 5.41) is 2.62. The molecule has 2 heterocycles. The lowest BCUT2D eigenvalue weighted by atomic mass is 10.1. The van der Waals surface area contributed by atoms with Gasteiger partial charge >= 0.3 is 6.18 Å². The van der Waals surface area contributed by atoms with Crippen molar-refractivity contribution in [2.24, 2.45) is 0 Å². The van der Waals surface area contributed by atoms with Crippen LogP contribution in [0.4, 0.5) is 13.2 Å². The molecule has 158 valence electrons. The summed E-state index contributed by atoms with van der Waals surface area (Å²) in [4.78, 5) is 21.0. The highest BCUT2D eigenvalue weighted by Crippen LogP contribution is 2.31. The van der Waals surface area contributed by atoms with Gasteiger partial charge in [0.15, 0.2) is 5.58 Å². The number of benzene rings is 2. The quantitative estimate of drug-likeness (QED) is 0.493. The van der Waals surface area contributed by atoms with E-state index in [9.17, 15) is 18.0 Å². The number of aromatic nitrogens is 2. The number of alkyl halides is 3. The number of oxazole rings is 1. The van der Waals surface area contributed by atoms with Crippen molar-refractivity contribution in [1.29, 1.82) is 0 Å². The summed E-state index contributed by atoms with van der Waals surface area (Å²) in [7, 11) is 1.49. The molecule has 0 fully saturated rings. The third-order valence-electron chi connectivity index (χ3n) is 4.55. The number of fused-ring (bicyclic) bond motifs is 1. The molecule has 0 bridgehead atoms. The lowest BCUT2D eigenvalue weighted by Crippen LogP contribution is -2.23. The molecule has 1 amide bonds. The number of ether oxygens (including phenoxy) is 1. The van der Waals surface area contributed by atoms with Gasteiger partial charge in [-0.2, -0.15) is 13.2 Å². The van der Waals surface area contributed by atoms with Crippen LogP contribution >= 0.6 is 0 Å². The minimum absolute atomic E-state index is 0.0439. The number of rotatable bonds is 5. The van der Waals surface area contributed by atoms with E-state index < -0.39 is 17.6 Å². The summed E-state index contributed by atoms with van der Waals surface area (Å²) in [5.41, 5.74) is 1.37. The summed E-state index contributed by atoms with van der Waals surface area (Å²) in [6.45, 7) is -0.0439. The van der Waals surface area contributed by atoms with Gasteiger partial charge in [-0.15, -0.1) is 0 Å². The predicted octanol–water partition coefficient (Wildman–Crippen LogP) is 4.85. The van der Waals surface area contributed by atoms with E-state index in [1.54, 1.807) is 36.5 Å². The molecule has 0 aliphatic rings. The van der Waals surface area contributed by atoms with Crippen LogP contribution in [0.5, 0.6) is 5.88 Å². The van der Waals surface area contributed by atoms with E-state index in [0.717, 1.165) is 12.1 Å². The number of amides is 1. The predicted molar refractivity (Wildman–Crippen MR) is 106 cm³/mol. The Bertz CT molecular complexity index is 1250. The smallest absolute Gasteiger partial charge is 0.416 e. The SMILES string of the molecule is COc1ncccc1-c1nc2cc(C(=O)NCc3cccc(C(F)(F)F)c3)ccc2o1. The molecule has 4 aromatic rings. The number of halogens is 3. The second-order valence-electron chi connectivity index (χ2n) is 6.64. The Labute approximate surface area is 174 Å². The van der Waals surface area contributed by atoms with Crippen molar-refractivity contribution in [3.05, 3.63) is 77.5 Å². The van der Waals surface area contributed by atoms with Crippen molar-refractivity contribution >= 4 is 17.0 Å². The summed E-state index contributed by atoms with van der Waals surface area (Å²) < 4.78 is 49.5. The number of carbonyl (C=O) groups is 1. The summed E-state index contributed by atoms with van der Waals surface area (Å²) >= 11 is 0. The second-order valence-corrected chi connectivity index (χ2v) is 6.64. The van der Waals surface area contributed by atoms with Crippen molar-refractivity contribution in [2.75, 3.05) is 7.11 Å². The van der Waals surface area contributed by atoms with Crippen LogP contribution in [-0.2, 0) is 12.7 Å². The molecule has 0 spiro atoms. The molecule has 6 nitrogen and oxygen atoms in total. The lowest BCUT2D eigenvalue weighted by Gasteiger charge is -2.09. The average Bonchev–Trinajstić information content (AvgIpc) is 3.20. The van der Waals surface area contributed by atoms with Crippen molar-refractivity contribution in [1.82, 2.24) is 15.3 Å². The highest BCUT2D eigenvalue weighted by atomic mass is 19.4. The zero-order valence-electron chi connectivity index (χ0n) is 16.2. The molecule has 2 aromatic carbocycles. The molecule has 0 saturated heterocycles.